The SMILES string of the molecule is NC(=O)CCn1ccc(N[C@H]2CCc3ccc(F)cc32)n1. The lowest BCUT2D eigenvalue weighted by atomic mass is 10.1. The Morgan fingerprint density at radius 3 is 3.14 bits per heavy atom. The van der Waals surface area contributed by atoms with E-state index in [1.165, 1.54) is 11.6 Å². The first kappa shape index (κ1) is 13.6. The molecular weight excluding hydrogens is 271 g/mol. The Morgan fingerprint density at radius 1 is 1.48 bits per heavy atom. The van der Waals surface area contributed by atoms with E-state index in [-0.39, 0.29) is 24.2 Å². The molecule has 0 spiro atoms. The molecule has 1 aromatic heterocycles. The van der Waals surface area contributed by atoms with Crippen LogP contribution < -0.4 is 11.1 Å². The van der Waals surface area contributed by atoms with Crippen molar-refractivity contribution in [3.63, 3.8) is 0 Å². The average Bonchev–Trinajstić information content (AvgIpc) is 3.05. The highest BCUT2D eigenvalue weighted by molar-refractivity contribution is 5.73. The molecule has 1 aromatic carbocycles. The molecule has 3 rings (SSSR count). The van der Waals surface area contributed by atoms with Crippen LogP contribution in [0.3, 0.4) is 0 Å². The topological polar surface area (TPSA) is 72.9 Å². The van der Waals surface area contributed by atoms with Crippen LogP contribution in [-0.2, 0) is 17.8 Å². The Balaban J connectivity index is 1.68. The summed E-state index contributed by atoms with van der Waals surface area (Å²) in [5.74, 6) is 0.163. The lowest BCUT2D eigenvalue weighted by molar-refractivity contribution is -0.118. The number of fused-ring (bicyclic) bond motifs is 1. The van der Waals surface area contributed by atoms with Gasteiger partial charge in [-0.2, -0.15) is 5.10 Å². The van der Waals surface area contributed by atoms with E-state index in [4.69, 9.17) is 5.73 Å². The van der Waals surface area contributed by atoms with Crippen LogP contribution in [0.15, 0.2) is 30.5 Å². The molecule has 0 saturated carbocycles. The van der Waals surface area contributed by atoms with Gasteiger partial charge in [-0.1, -0.05) is 6.07 Å². The number of hydrogen-bond acceptors (Lipinski definition) is 3. The summed E-state index contributed by atoms with van der Waals surface area (Å²) in [6, 6.07) is 6.86. The number of carbonyl (C=O) groups is 1. The highest BCUT2D eigenvalue weighted by atomic mass is 19.1. The lowest BCUT2D eigenvalue weighted by Crippen LogP contribution is -2.14. The Kier molecular flexibility index (Phi) is 3.60. The van der Waals surface area contributed by atoms with Crippen LogP contribution in [0.25, 0.3) is 0 Å². The maximum atomic E-state index is 13.4. The fourth-order valence-electron chi connectivity index (χ4n) is 2.69. The molecule has 0 unspecified atom stereocenters. The van der Waals surface area contributed by atoms with Gasteiger partial charge in [-0.25, -0.2) is 4.39 Å². The van der Waals surface area contributed by atoms with Crippen molar-refractivity contribution < 1.29 is 9.18 Å². The molecule has 0 aliphatic heterocycles. The van der Waals surface area contributed by atoms with Crippen molar-refractivity contribution >= 4 is 11.7 Å². The number of nitrogens with one attached hydrogen (secondary N) is 1. The van der Waals surface area contributed by atoms with E-state index in [1.807, 2.05) is 12.1 Å². The molecule has 0 saturated heterocycles. The number of hydrogen-bond donors (Lipinski definition) is 2. The molecular formula is C15H17FN4O. The average molecular weight is 288 g/mol. The Labute approximate surface area is 121 Å². The molecule has 2 aromatic rings. The van der Waals surface area contributed by atoms with Gasteiger partial charge in [0.1, 0.15) is 11.6 Å². The van der Waals surface area contributed by atoms with Crippen LogP contribution in [0.2, 0.25) is 0 Å². The zero-order valence-corrected chi connectivity index (χ0v) is 11.6. The Morgan fingerprint density at radius 2 is 2.33 bits per heavy atom. The highest BCUT2D eigenvalue weighted by Gasteiger charge is 2.23. The number of carbonyl (C=O) groups excluding carboxylic acids is 1. The van der Waals surface area contributed by atoms with E-state index >= 15 is 0 Å². The predicted molar refractivity (Wildman–Crippen MR) is 77.1 cm³/mol. The third kappa shape index (κ3) is 3.04. The summed E-state index contributed by atoms with van der Waals surface area (Å²) in [5.41, 5.74) is 7.30. The molecule has 1 amide bonds. The summed E-state index contributed by atoms with van der Waals surface area (Å²) >= 11 is 0. The van der Waals surface area contributed by atoms with Crippen molar-refractivity contribution in [2.75, 3.05) is 5.32 Å². The number of primary amides is 1. The monoisotopic (exact) mass is 288 g/mol. The van der Waals surface area contributed by atoms with E-state index < -0.39 is 0 Å². The fraction of sp³-hybridized carbons (Fsp3) is 0.333. The molecule has 21 heavy (non-hydrogen) atoms. The van der Waals surface area contributed by atoms with Crippen LogP contribution in [0.1, 0.15) is 30.0 Å². The van der Waals surface area contributed by atoms with Crippen molar-refractivity contribution in [3.05, 3.63) is 47.4 Å². The smallest absolute Gasteiger partial charge is 0.219 e. The molecule has 0 bridgehead atoms. The van der Waals surface area contributed by atoms with Gasteiger partial charge in [0.05, 0.1) is 6.04 Å². The van der Waals surface area contributed by atoms with Gasteiger partial charge in [0, 0.05) is 25.2 Å². The van der Waals surface area contributed by atoms with E-state index in [0.29, 0.717) is 6.54 Å². The standard InChI is InChI=1S/C15H17FN4O/c16-11-3-1-10-2-4-13(12(10)9-11)18-15-6-8-20(19-15)7-5-14(17)21/h1,3,6,8-9,13H,2,4-5,7H2,(H2,17,21)(H,18,19)/t13-/m0/s1. The van der Waals surface area contributed by atoms with Crippen LogP contribution >= 0.6 is 0 Å². The lowest BCUT2D eigenvalue weighted by Gasteiger charge is -2.13. The molecule has 1 atom stereocenters. The first-order valence-corrected chi connectivity index (χ1v) is 6.98. The van der Waals surface area contributed by atoms with Gasteiger partial charge in [-0.3, -0.25) is 9.48 Å². The van der Waals surface area contributed by atoms with Gasteiger partial charge in [0.2, 0.25) is 5.91 Å². The second-order valence-electron chi connectivity index (χ2n) is 5.26. The summed E-state index contributed by atoms with van der Waals surface area (Å²) in [4.78, 5) is 10.8. The van der Waals surface area contributed by atoms with Crippen molar-refractivity contribution in [2.24, 2.45) is 5.73 Å². The predicted octanol–water partition coefficient (Wildman–Crippen LogP) is 2.00. The molecule has 1 aliphatic rings. The second-order valence-corrected chi connectivity index (χ2v) is 5.26. The summed E-state index contributed by atoms with van der Waals surface area (Å²) < 4.78 is 15.0. The van der Waals surface area contributed by atoms with Crippen LogP contribution in [0.5, 0.6) is 0 Å². The fourth-order valence-corrected chi connectivity index (χ4v) is 2.69. The maximum absolute atomic E-state index is 13.4. The molecule has 6 heteroatoms. The summed E-state index contributed by atoms with van der Waals surface area (Å²) in [7, 11) is 0. The van der Waals surface area contributed by atoms with Gasteiger partial charge < -0.3 is 11.1 Å². The molecule has 5 nitrogen and oxygen atoms in total. The molecule has 3 N–H and O–H groups in total. The molecule has 0 fully saturated rings. The third-order valence-electron chi connectivity index (χ3n) is 3.74. The van der Waals surface area contributed by atoms with E-state index in [0.717, 1.165) is 24.2 Å². The molecule has 0 radical (unpaired) electrons. The van der Waals surface area contributed by atoms with Crippen molar-refractivity contribution in [1.29, 1.82) is 0 Å². The van der Waals surface area contributed by atoms with Crippen LogP contribution in [-0.4, -0.2) is 15.7 Å². The second kappa shape index (κ2) is 5.55. The van der Waals surface area contributed by atoms with Gasteiger partial charge in [0.15, 0.2) is 0 Å². The zero-order chi connectivity index (χ0) is 14.8. The van der Waals surface area contributed by atoms with Crippen molar-refractivity contribution in [2.45, 2.75) is 31.8 Å². The first-order chi connectivity index (χ1) is 10.1. The summed E-state index contributed by atoms with van der Waals surface area (Å²) in [5, 5.41) is 7.66. The first-order valence-electron chi connectivity index (χ1n) is 6.98. The number of rotatable bonds is 5. The van der Waals surface area contributed by atoms with Crippen LogP contribution in [0.4, 0.5) is 10.2 Å². The molecule has 110 valence electrons. The van der Waals surface area contributed by atoms with Crippen molar-refractivity contribution in [1.82, 2.24) is 9.78 Å². The van der Waals surface area contributed by atoms with Crippen LogP contribution in [0, 0.1) is 5.82 Å². The molecule has 1 aliphatic carbocycles. The normalized spacial score (nSPS) is 16.7. The molecule has 1 heterocycles. The van der Waals surface area contributed by atoms with Crippen molar-refractivity contribution in [3.8, 4) is 0 Å². The number of halogens is 1. The van der Waals surface area contributed by atoms with Gasteiger partial charge in [0.25, 0.3) is 0 Å². The Hall–Kier alpha value is -2.37. The quantitative estimate of drug-likeness (QED) is 0.883. The minimum atomic E-state index is -0.347. The largest absolute Gasteiger partial charge is 0.370 e. The van der Waals surface area contributed by atoms with Gasteiger partial charge in [-0.05, 0) is 36.1 Å². The number of aromatic nitrogens is 2. The van der Waals surface area contributed by atoms with Gasteiger partial charge >= 0.3 is 0 Å². The van der Waals surface area contributed by atoms with E-state index in [1.54, 1.807) is 16.9 Å². The maximum Gasteiger partial charge on any atom is 0.219 e. The zero-order valence-electron chi connectivity index (χ0n) is 11.6. The number of benzene rings is 1. The summed E-state index contributed by atoms with van der Waals surface area (Å²) in [6.07, 6.45) is 3.92. The van der Waals surface area contributed by atoms with E-state index in [2.05, 4.69) is 10.4 Å². The number of amides is 1. The Bertz CT molecular complexity index is 667. The summed E-state index contributed by atoms with van der Waals surface area (Å²) in [6.45, 7) is 0.465. The van der Waals surface area contributed by atoms with E-state index in [9.17, 15) is 9.18 Å². The number of anilines is 1. The van der Waals surface area contributed by atoms with Gasteiger partial charge in [-0.15, -0.1) is 0 Å². The number of nitrogens with two attached hydrogens (primary N) is 1. The minimum Gasteiger partial charge on any atom is -0.370 e. The minimum absolute atomic E-state index is 0.0789. The highest BCUT2D eigenvalue weighted by Crippen LogP contribution is 2.33. The number of nitrogens with zero attached hydrogens (tertiary/aromatic N) is 2. The third-order valence-corrected chi connectivity index (χ3v) is 3.74. The number of aryl methyl sites for hydroxylation is 2.